The Morgan fingerprint density at radius 2 is 1.84 bits per heavy atom. The number of rotatable bonds is 6. The number of benzene rings is 2. The van der Waals surface area contributed by atoms with Gasteiger partial charge >= 0.3 is 0 Å². The normalized spacial score (nSPS) is 22.4. The van der Waals surface area contributed by atoms with E-state index in [1.165, 1.54) is 16.7 Å². The second-order valence-electron chi connectivity index (χ2n) is 8.89. The first-order valence-electron chi connectivity index (χ1n) is 11.6. The number of aryl methyl sites for hydroxylation is 1. The smallest absolute Gasteiger partial charge is 0.191 e. The van der Waals surface area contributed by atoms with Crippen LogP contribution in [0.1, 0.15) is 42.1 Å². The van der Waals surface area contributed by atoms with E-state index in [4.69, 9.17) is 4.74 Å². The number of guanidine groups is 1. The molecule has 2 aliphatic rings. The molecule has 0 aliphatic carbocycles. The lowest BCUT2D eigenvalue weighted by Gasteiger charge is -2.33. The zero-order valence-electron chi connectivity index (χ0n) is 19.3. The van der Waals surface area contributed by atoms with Crippen LogP contribution in [0.15, 0.2) is 59.6 Å². The SMILES string of the molecule is CN=C(NCC1CCOC1c1ccccc1)NC1CCN(Cc2cccc(C)c2)CC1.I. The van der Waals surface area contributed by atoms with Crippen molar-refractivity contribution < 1.29 is 4.74 Å². The molecular weight excluding hydrogens is 511 g/mol. The average Bonchev–Trinajstić information content (AvgIpc) is 3.27. The molecule has 2 aromatic carbocycles. The van der Waals surface area contributed by atoms with Crippen molar-refractivity contribution in [1.82, 2.24) is 15.5 Å². The fourth-order valence-corrected chi connectivity index (χ4v) is 4.77. The Kier molecular flexibility index (Phi) is 9.81. The molecule has 2 atom stereocenters. The fraction of sp³-hybridized carbons (Fsp3) is 0.500. The van der Waals surface area contributed by atoms with E-state index in [1.807, 2.05) is 7.05 Å². The molecule has 0 radical (unpaired) electrons. The summed E-state index contributed by atoms with van der Waals surface area (Å²) in [7, 11) is 1.86. The molecule has 6 heteroatoms. The third-order valence-corrected chi connectivity index (χ3v) is 6.51. The van der Waals surface area contributed by atoms with Crippen LogP contribution in [0.2, 0.25) is 0 Å². The number of likely N-dealkylation sites (tertiary alicyclic amines) is 1. The summed E-state index contributed by atoms with van der Waals surface area (Å²) in [6.45, 7) is 7.16. The molecule has 0 bridgehead atoms. The van der Waals surface area contributed by atoms with Crippen LogP contribution in [-0.4, -0.2) is 50.2 Å². The molecule has 5 nitrogen and oxygen atoms in total. The molecule has 0 aromatic heterocycles. The number of hydrogen-bond donors (Lipinski definition) is 2. The van der Waals surface area contributed by atoms with E-state index in [2.05, 4.69) is 82.0 Å². The number of hydrogen-bond acceptors (Lipinski definition) is 3. The molecule has 2 heterocycles. The zero-order chi connectivity index (χ0) is 21.5. The lowest BCUT2D eigenvalue weighted by molar-refractivity contribution is 0.0915. The molecule has 2 fully saturated rings. The highest BCUT2D eigenvalue weighted by Crippen LogP contribution is 2.33. The van der Waals surface area contributed by atoms with Crippen molar-refractivity contribution in [3.8, 4) is 0 Å². The first-order valence-corrected chi connectivity index (χ1v) is 11.6. The molecule has 0 saturated carbocycles. The monoisotopic (exact) mass is 548 g/mol. The molecule has 2 aromatic rings. The number of aliphatic imine (C=N–C) groups is 1. The molecular formula is C26H37IN4O. The summed E-state index contributed by atoms with van der Waals surface area (Å²) in [5.41, 5.74) is 4.03. The van der Waals surface area contributed by atoms with E-state index >= 15 is 0 Å². The van der Waals surface area contributed by atoms with Gasteiger partial charge in [0.2, 0.25) is 0 Å². The maximum atomic E-state index is 6.03. The Hall–Kier alpha value is -1.64. The van der Waals surface area contributed by atoms with Crippen LogP contribution in [0.25, 0.3) is 0 Å². The second-order valence-corrected chi connectivity index (χ2v) is 8.89. The van der Waals surface area contributed by atoms with Crippen LogP contribution in [0.4, 0.5) is 0 Å². The third-order valence-electron chi connectivity index (χ3n) is 6.51. The van der Waals surface area contributed by atoms with E-state index in [0.717, 1.165) is 58.0 Å². The van der Waals surface area contributed by atoms with E-state index in [9.17, 15) is 0 Å². The summed E-state index contributed by atoms with van der Waals surface area (Å²) >= 11 is 0. The van der Waals surface area contributed by atoms with Crippen molar-refractivity contribution in [3.63, 3.8) is 0 Å². The quantitative estimate of drug-likeness (QED) is 0.317. The van der Waals surface area contributed by atoms with Crippen molar-refractivity contribution in [2.75, 3.05) is 33.3 Å². The Morgan fingerprint density at radius 3 is 2.56 bits per heavy atom. The van der Waals surface area contributed by atoms with E-state index in [1.54, 1.807) is 0 Å². The van der Waals surface area contributed by atoms with Gasteiger partial charge in [-0.25, -0.2) is 0 Å². The lowest BCUT2D eigenvalue weighted by Crippen LogP contribution is -2.49. The van der Waals surface area contributed by atoms with E-state index < -0.39 is 0 Å². The van der Waals surface area contributed by atoms with Crippen LogP contribution in [-0.2, 0) is 11.3 Å². The van der Waals surface area contributed by atoms with E-state index in [-0.39, 0.29) is 30.1 Å². The van der Waals surface area contributed by atoms with Crippen molar-refractivity contribution in [2.45, 2.75) is 44.9 Å². The summed E-state index contributed by atoms with van der Waals surface area (Å²) in [6.07, 6.45) is 3.55. The van der Waals surface area contributed by atoms with Gasteiger partial charge in [0, 0.05) is 51.8 Å². The van der Waals surface area contributed by atoms with E-state index in [0.29, 0.717) is 12.0 Å². The second kappa shape index (κ2) is 12.6. The summed E-state index contributed by atoms with van der Waals surface area (Å²) in [4.78, 5) is 7.04. The summed E-state index contributed by atoms with van der Waals surface area (Å²) in [5, 5.41) is 7.21. The van der Waals surface area contributed by atoms with Gasteiger partial charge in [-0.1, -0.05) is 60.2 Å². The van der Waals surface area contributed by atoms with Gasteiger partial charge in [-0.15, -0.1) is 24.0 Å². The van der Waals surface area contributed by atoms with Crippen LogP contribution >= 0.6 is 24.0 Å². The molecule has 2 saturated heterocycles. The molecule has 2 unspecified atom stereocenters. The zero-order valence-corrected chi connectivity index (χ0v) is 21.6. The van der Waals surface area contributed by atoms with Crippen molar-refractivity contribution in [2.24, 2.45) is 10.9 Å². The highest BCUT2D eigenvalue weighted by molar-refractivity contribution is 14.0. The number of nitrogens with one attached hydrogen (secondary N) is 2. The first-order chi connectivity index (χ1) is 15.2. The maximum Gasteiger partial charge on any atom is 0.191 e. The van der Waals surface area contributed by atoms with Crippen molar-refractivity contribution in [1.29, 1.82) is 0 Å². The fourth-order valence-electron chi connectivity index (χ4n) is 4.77. The Balaban J connectivity index is 0.00000289. The van der Waals surface area contributed by atoms with Crippen LogP contribution in [0.5, 0.6) is 0 Å². The molecule has 4 rings (SSSR count). The molecule has 0 spiro atoms. The predicted octanol–water partition coefficient (Wildman–Crippen LogP) is 4.52. The number of halogens is 1. The van der Waals surface area contributed by atoms with Gasteiger partial charge in [-0.2, -0.15) is 0 Å². The maximum absolute atomic E-state index is 6.03. The van der Waals surface area contributed by atoms with Gasteiger partial charge in [0.05, 0.1) is 6.10 Å². The minimum atomic E-state index is 0. The largest absolute Gasteiger partial charge is 0.373 e. The van der Waals surface area contributed by atoms with Crippen molar-refractivity contribution >= 4 is 29.9 Å². The molecule has 32 heavy (non-hydrogen) atoms. The van der Waals surface area contributed by atoms with Gasteiger partial charge in [-0.3, -0.25) is 9.89 Å². The predicted molar refractivity (Wildman–Crippen MR) is 143 cm³/mol. The minimum absolute atomic E-state index is 0. The van der Waals surface area contributed by atoms with Crippen LogP contribution < -0.4 is 10.6 Å². The minimum Gasteiger partial charge on any atom is -0.373 e. The Bertz CT molecular complexity index is 852. The highest BCUT2D eigenvalue weighted by atomic mass is 127. The number of ether oxygens (including phenoxy) is 1. The molecule has 174 valence electrons. The third kappa shape index (κ3) is 6.93. The van der Waals surface area contributed by atoms with Gasteiger partial charge < -0.3 is 15.4 Å². The standard InChI is InChI=1S/C26H36N4O.HI/c1-20-7-6-8-21(17-20)19-30-14-11-24(12-15-30)29-26(27-2)28-18-23-13-16-31-25(23)22-9-4-3-5-10-22;/h3-10,17,23-25H,11-16,18-19H2,1-2H3,(H2,27,28,29);1H. The van der Waals surface area contributed by atoms with Gasteiger partial charge in [0.15, 0.2) is 5.96 Å². The first kappa shape index (κ1) is 25.0. The topological polar surface area (TPSA) is 48.9 Å². The molecule has 2 N–H and O–H groups in total. The van der Waals surface area contributed by atoms with Crippen LogP contribution in [0, 0.1) is 12.8 Å². The number of nitrogens with zero attached hydrogens (tertiary/aromatic N) is 2. The summed E-state index contributed by atoms with van der Waals surface area (Å²) in [5.74, 6) is 1.38. The average molecular weight is 549 g/mol. The van der Waals surface area contributed by atoms with Crippen molar-refractivity contribution in [3.05, 3.63) is 71.3 Å². The van der Waals surface area contributed by atoms with Gasteiger partial charge in [-0.05, 0) is 37.3 Å². The summed E-state index contributed by atoms with van der Waals surface area (Å²) < 4.78 is 6.03. The Labute approximate surface area is 210 Å². The molecule has 2 aliphatic heterocycles. The van der Waals surface area contributed by atoms with Gasteiger partial charge in [0.25, 0.3) is 0 Å². The Morgan fingerprint density at radius 1 is 1.06 bits per heavy atom. The highest BCUT2D eigenvalue weighted by Gasteiger charge is 2.29. The summed E-state index contributed by atoms with van der Waals surface area (Å²) in [6, 6.07) is 19.9. The molecule has 0 amide bonds. The van der Waals surface area contributed by atoms with Gasteiger partial charge in [0.1, 0.15) is 0 Å². The van der Waals surface area contributed by atoms with Crippen LogP contribution in [0.3, 0.4) is 0 Å². The number of piperidine rings is 1. The lowest BCUT2D eigenvalue weighted by atomic mass is 9.95.